The van der Waals surface area contributed by atoms with Crippen LogP contribution in [0, 0.1) is 17.4 Å². The van der Waals surface area contributed by atoms with Crippen LogP contribution in [0.5, 0.6) is 0 Å². The van der Waals surface area contributed by atoms with Crippen molar-refractivity contribution in [2.75, 3.05) is 5.32 Å². The molecule has 0 saturated carbocycles. The highest BCUT2D eigenvalue weighted by atomic mass is 127. The fraction of sp³-hybridized carbons (Fsp3) is 0.111. The first kappa shape index (κ1) is 20.2. The summed E-state index contributed by atoms with van der Waals surface area (Å²) >= 11 is 19.4. The molecule has 2 aromatic carbocycles. The van der Waals surface area contributed by atoms with Crippen LogP contribution in [0.4, 0.5) is 5.69 Å². The zero-order valence-corrected chi connectivity index (χ0v) is 18.0. The summed E-state index contributed by atoms with van der Waals surface area (Å²) in [5.74, 6) is -0.345. The lowest BCUT2D eigenvalue weighted by atomic mass is 10.1. The first-order valence-electron chi connectivity index (χ1n) is 7.28. The molecule has 0 heterocycles. The van der Waals surface area contributed by atoms with Crippen LogP contribution in [0.25, 0.3) is 6.08 Å². The smallest absolute Gasteiger partial charge is 0.250 e. The molecular weight excluding hydrogens is 490 g/mol. The normalized spacial score (nSPS) is 10.8. The van der Waals surface area contributed by atoms with Crippen molar-refractivity contribution >= 4 is 80.8 Å². The van der Waals surface area contributed by atoms with Crippen LogP contribution in [0.1, 0.15) is 16.7 Å². The van der Waals surface area contributed by atoms with E-state index in [-0.39, 0.29) is 11.0 Å². The Kier molecular flexibility index (Phi) is 7.25. The monoisotopic (exact) mass is 504 g/mol. The largest absolute Gasteiger partial charge is 0.332 e. The van der Waals surface area contributed by atoms with E-state index in [2.05, 4.69) is 33.2 Å². The van der Waals surface area contributed by atoms with Gasteiger partial charge >= 0.3 is 0 Å². The maximum absolute atomic E-state index is 12.0. The van der Waals surface area contributed by atoms with E-state index in [4.69, 9.17) is 35.4 Å². The average molecular weight is 505 g/mol. The highest BCUT2D eigenvalue weighted by Crippen LogP contribution is 2.22. The van der Waals surface area contributed by atoms with E-state index in [0.29, 0.717) is 15.6 Å². The van der Waals surface area contributed by atoms with Gasteiger partial charge in [-0.1, -0.05) is 29.3 Å². The lowest BCUT2D eigenvalue weighted by Crippen LogP contribution is -2.32. The van der Waals surface area contributed by atoms with Crippen LogP contribution in [0.15, 0.2) is 36.4 Å². The Morgan fingerprint density at radius 2 is 1.80 bits per heavy atom. The molecule has 7 heteroatoms. The molecule has 25 heavy (non-hydrogen) atoms. The highest BCUT2D eigenvalue weighted by molar-refractivity contribution is 14.1. The van der Waals surface area contributed by atoms with E-state index in [9.17, 15) is 4.79 Å². The molecule has 0 radical (unpaired) electrons. The van der Waals surface area contributed by atoms with E-state index in [1.54, 1.807) is 24.3 Å². The lowest BCUT2D eigenvalue weighted by Gasteiger charge is -2.11. The molecule has 3 nitrogen and oxygen atoms in total. The van der Waals surface area contributed by atoms with E-state index in [1.165, 1.54) is 9.65 Å². The SMILES string of the molecule is Cc1cc(NC(=S)NC(=O)/C=C/c2ccc(Cl)cc2Cl)cc(C)c1I. The first-order chi connectivity index (χ1) is 11.8. The number of benzene rings is 2. The predicted molar refractivity (Wildman–Crippen MR) is 118 cm³/mol. The Labute approximate surface area is 175 Å². The van der Waals surface area contributed by atoms with Gasteiger partial charge in [0.05, 0.1) is 0 Å². The molecule has 0 unspecified atom stereocenters. The van der Waals surface area contributed by atoms with E-state index < -0.39 is 0 Å². The molecule has 0 aliphatic heterocycles. The van der Waals surface area contributed by atoms with Gasteiger partial charge in [-0.05, 0) is 95.7 Å². The number of hydrogen-bond acceptors (Lipinski definition) is 2. The number of aryl methyl sites for hydroxylation is 2. The molecule has 0 aliphatic carbocycles. The van der Waals surface area contributed by atoms with Crippen molar-refractivity contribution in [1.82, 2.24) is 5.32 Å². The van der Waals surface area contributed by atoms with Gasteiger partial charge in [0, 0.05) is 25.4 Å². The molecule has 2 N–H and O–H groups in total. The minimum Gasteiger partial charge on any atom is -0.332 e. The van der Waals surface area contributed by atoms with Crippen molar-refractivity contribution in [2.24, 2.45) is 0 Å². The van der Waals surface area contributed by atoms with E-state index in [1.807, 2.05) is 26.0 Å². The number of hydrogen-bond donors (Lipinski definition) is 2. The molecule has 0 spiro atoms. The fourth-order valence-electron chi connectivity index (χ4n) is 2.14. The maximum Gasteiger partial charge on any atom is 0.250 e. The summed E-state index contributed by atoms with van der Waals surface area (Å²) in [5, 5.41) is 6.87. The van der Waals surface area contributed by atoms with Gasteiger partial charge in [-0.25, -0.2) is 0 Å². The van der Waals surface area contributed by atoms with Gasteiger partial charge in [-0.15, -0.1) is 0 Å². The second-order valence-electron chi connectivity index (χ2n) is 5.37. The summed E-state index contributed by atoms with van der Waals surface area (Å²) in [7, 11) is 0. The lowest BCUT2D eigenvalue weighted by molar-refractivity contribution is -0.115. The molecule has 2 rings (SSSR count). The summed E-state index contributed by atoms with van der Waals surface area (Å²) < 4.78 is 1.21. The number of amides is 1. The Morgan fingerprint density at radius 3 is 2.40 bits per heavy atom. The van der Waals surface area contributed by atoms with Crippen LogP contribution in [0.2, 0.25) is 10.0 Å². The van der Waals surface area contributed by atoms with Crippen LogP contribution < -0.4 is 10.6 Å². The number of halogens is 3. The molecule has 1 amide bonds. The van der Waals surface area contributed by atoms with Crippen molar-refractivity contribution in [1.29, 1.82) is 0 Å². The number of rotatable bonds is 3. The minimum absolute atomic E-state index is 0.233. The molecule has 0 aliphatic rings. The van der Waals surface area contributed by atoms with Crippen LogP contribution in [-0.4, -0.2) is 11.0 Å². The molecular formula is C18H15Cl2IN2OS. The van der Waals surface area contributed by atoms with Gasteiger partial charge in [-0.2, -0.15) is 0 Å². The van der Waals surface area contributed by atoms with Gasteiger partial charge in [0.1, 0.15) is 0 Å². The number of nitrogens with one attached hydrogen (secondary N) is 2. The van der Waals surface area contributed by atoms with Crippen molar-refractivity contribution < 1.29 is 4.79 Å². The molecule has 130 valence electrons. The summed E-state index contributed by atoms with van der Waals surface area (Å²) in [6.45, 7) is 4.06. The standard InChI is InChI=1S/C18H15Cl2IN2OS/c1-10-7-14(8-11(2)17(10)21)22-18(25)23-16(24)6-4-12-3-5-13(19)9-15(12)20/h3-9H,1-2H3,(H2,22,23,24,25)/b6-4+. The van der Waals surface area contributed by atoms with E-state index in [0.717, 1.165) is 16.8 Å². The van der Waals surface area contributed by atoms with E-state index >= 15 is 0 Å². The van der Waals surface area contributed by atoms with Crippen LogP contribution >= 0.6 is 58.0 Å². The van der Waals surface area contributed by atoms with Crippen molar-refractivity contribution in [3.63, 3.8) is 0 Å². The third-order valence-electron chi connectivity index (χ3n) is 3.31. The Morgan fingerprint density at radius 1 is 1.16 bits per heavy atom. The summed E-state index contributed by atoms with van der Waals surface area (Å²) in [5.41, 5.74) is 3.83. The Hall–Kier alpha value is -1.15. The quantitative estimate of drug-likeness (QED) is 0.318. The van der Waals surface area contributed by atoms with Gasteiger partial charge in [0.25, 0.3) is 0 Å². The van der Waals surface area contributed by atoms with Gasteiger partial charge in [-0.3, -0.25) is 10.1 Å². The van der Waals surface area contributed by atoms with Gasteiger partial charge in [0.2, 0.25) is 5.91 Å². The number of anilines is 1. The minimum atomic E-state index is -0.345. The zero-order chi connectivity index (χ0) is 18.6. The molecule has 0 aromatic heterocycles. The van der Waals surface area contributed by atoms with Crippen molar-refractivity contribution in [2.45, 2.75) is 13.8 Å². The average Bonchev–Trinajstić information content (AvgIpc) is 2.51. The number of carbonyl (C=O) groups excluding carboxylic acids is 1. The van der Waals surface area contributed by atoms with Gasteiger partial charge in [0.15, 0.2) is 5.11 Å². The zero-order valence-electron chi connectivity index (χ0n) is 13.5. The molecule has 0 fully saturated rings. The molecule has 0 saturated heterocycles. The molecule has 2 aromatic rings. The number of carbonyl (C=O) groups is 1. The Bertz CT molecular complexity index is 845. The van der Waals surface area contributed by atoms with Crippen molar-refractivity contribution in [3.05, 3.63) is 66.7 Å². The third-order valence-corrected chi connectivity index (χ3v) is 5.78. The second kappa shape index (κ2) is 8.98. The van der Waals surface area contributed by atoms with Gasteiger partial charge < -0.3 is 5.32 Å². The number of thiocarbonyl (C=S) groups is 1. The highest BCUT2D eigenvalue weighted by Gasteiger charge is 2.06. The maximum atomic E-state index is 12.0. The summed E-state index contributed by atoms with van der Waals surface area (Å²) in [6, 6.07) is 9.03. The topological polar surface area (TPSA) is 41.1 Å². The third kappa shape index (κ3) is 5.95. The molecule has 0 atom stereocenters. The summed E-state index contributed by atoms with van der Waals surface area (Å²) in [6.07, 6.45) is 2.98. The van der Waals surface area contributed by atoms with Crippen LogP contribution in [0.3, 0.4) is 0 Å². The van der Waals surface area contributed by atoms with Crippen LogP contribution in [-0.2, 0) is 4.79 Å². The fourth-order valence-corrected chi connectivity index (χ4v) is 3.14. The molecule has 0 bridgehead atoms. The van der Waals surface area contributed by atoms with Crippen molar-refractivity contribution in [3.8, 4) is 0 Å². The first-order valence-corrected chi connectivity index (χ1v) is 9.52. The summed E-state index contributed by atoms with van der Waals surface area (Å²) in [4.78, 5) is 12.0. The Balaban J connectivity index is 1.98. The predicted octanol–water partition coefficient (Wildman–Crippen LogP) is 5.74. The second-order valence-corrected chi connectivity index (χ2v) is 7.70.